The molecule has 7 nitrogen and oxygen atoms in total. The Morgan fingerprint density at radius 1 is 1.18 bits per heavy atom. The van der Waals surface area contributed by atoms with Crippen molar-refractivity contribution >= 4 is 27.5 Å². The summed E-state index contributed by atoms with van der Waals surface area (Å²) in [6.07, 6.45) is 1.04. The Balaban J connectivity index is 1.58. The maximum absolute atomic E-state index is 12.8. The molecule has 9 heteroatoms. The van der Waals surface area contributed by atoms with E-state index in [0.29, 0.717) is 31.0 Å². The lowest BCUT2D eigenvalue weighted by molar-refractivity contribution is -0.132. The SMILES string of the molecule is Cc1nn(C)c(C)c1CCC(=O)N1CCN(S(=O)(=O)c2cccc(Cl)c2)CC1. The summed E-state index contributed by atoms with van der Waals surface area (Å²) in [6, 6.07) is 6.25. The van der Waals surface area contributed by atoms with E-state index in [-0.39, 0.29) is 23.9 Å². The first-order valence-corrected chi connectivity index (χ1v) is 11.0. The molecule has 1 amide bonds. The van der Waals surface area contributed by atoms with Crippen molar-refractivity contribution < 1.29 is 13.2 Å². The molecule has 0 N–H and O–H groups in total. The average Bonchev–Trinajstić information content (AvgIpc) is 2.91. The Morgan fingerprint density at radius 2 is 1.86 bits per heavy atom. The van der Waals surface area contributed by atoms with Crippen LogP contribution in [0, 0.1) is 13.8 Å². The highest BCUT2D eigenvalue weighted by Crippen LogP contribution is 2.21. The molecule has 1 saturated heterocycles. The first-order chi connectivity index (χ1) is 13.2. The van der Waals surface area contributed by atoms with Crippen molar-refractivity contribution in [2.75, 3.05) is 26.2 Å². The van der Waals surface area contributed by atoms with Crippen molar-refractivity contribution in [3.63, 3.8) is 0 Å². The smallest absolute Gasteiger partial charge is 0.243 e. The van der Waals surface area contributed by atoms with E-state index in [1.165, 1.54) is 16.4 Å². The summed E-state index contributed by atoms with van der Waals surface area (Å²) < 4.78 is 28.8. The van der Waals surface area contributed by atoms with Crippen LogP contribution in [-0.4, -0.2) is 59.5 Å². The molecule has 2 aromatic rings. The van der Waals surface area contributed by atoms with Crippen LogP contribution >= 0.6 is 11.6 Å². The van der Waals surface area contributed by atoms with E-state index in [1.807, 2.05) is 25.6 Å². The van der Waals surface area contributed by atoms with E-state index < -0.39 is 10.0 Å². The van der Waals surface area contributed by atoms with Crippen LogP contribution in [0.25, 0.3) is 0 Å². The largest absolute Gasteiger partial charge is 0.340 e. The topological polar surface area (TPSA) is 75.5 Å². The predicted molar refractivity (Wildman–Crippen MR) is 108 cm³/mol. The molecule has 28 heavy (non-hydrogen) atoms. The van der Waals surface area contributed by atoms with E-state index in [1.54, 1.807) is 17.0 Å². The van der Waals surface area contributed by atoms with Crippen molar-refractivity contribution in [2.24, 2.45) is 7.05 Å². The molecule has 0 saturated carbocycles. The van der Waals surface area contributed by atoms with Gasteiger partial charge in [0.05, 0.1) is 10.6 Å². The third kappa shape index (κ3) is 4.24. The number of nitrogens with zero attached hydrogens (tertiary/aromatic N) is 4. The zero-order valence-corrected chi connectivity index (χ0v) is 17.9. The normalized spacial score (nSPS) is 15.8. The zero-order chi connectivity index (χ0) is 20.5. The number of hydrogen-bond donors (Lipinski definition) is 0. The molecule has 0 unspecified atom stereocenters. The molecule has 3 rings (SSSR count). The quantitative estimate of drug-likeness (QED) is 0.737. The minimum absolute atomic E-state index is 0.0439. The van der Waals surface area contributed by atoms with Gasteiger partial charge < -0.3 is 4.90 Å². The number of aryl methyl sites for hydroxylation is 2. The van der Waals surface area contributed by atoms with Crippen molar-refractivity contribution in [1.82, 2.24) is 19.0 Å². The minimum atomic E-state index is -3.60. The van der Waals surface area contributed by atoms with Gasteiger partial charge in [-0.25, -0.2) is 8.42 Å². The van der Waals surface area contributed by atoms with Gasteiger partial charge in [0.2, 0.25) is 15.9 Å². The fourth-order valence-electron chi connectivity index (χ4n) is 3.52. The number of piperazine rings is 1. The number of carbonyl (C=O) groups excluding carboxylic acids is 1. The number of halogens is 1. The zero-order valence-electron chi connectivity index (χ0n) is 16.4. The van der Waals surface area contributed by atoms with Crippen LogP contribution in [0.15, 0.2) is 29.2 Å². The molecule has 1 aliphatic heterocycles. The summed E-state index contributed by atoms with van der Waals surface area (Å²) in [5, 5.41) is 4.77. The first-order valence-electron chi connectivity index (χ1n) is 9.22. The van der Waals surface area contributed by atoms with E-state index in [0.717, 1.165) is 17.0 Å². The Bertz CT molecular complexity index is 979. The van der Waals surface area contributed by atoms with E-state index in [4.69, 9.17) is 11.6 Å². The molecule has 152 valence electrons. The number of carbonyl (C=O) groups is 1. The first kappa shape index (κ1) is 20.8. The lowest BCUT2D eigenvalue weighted by Crippen LogP contribution is -2.50. The highest BCUT2D eigenvalue weighted by molar-refractivity contribution is 7.89. The maximum Gasteiger partial charge on any atom is 0.243 e. The molecule has 0 bridgehead atoms. The number of aromatic nitrogens is 2. The van der Waals surface area contributed by atoms with Gasteiger partial charge in [-0.2, -0.15) is 9.40 Å². The van der Waals surface area contributed by atoms with Crippen molar-refractivity contribution in [1.29, 1.82) is 0 Å². The fraction of sp³-hybridized carbons (Fsp3) is 0.474. The van der Waals surface area contributed by atoms with Crippen LogP contribution in [-0.2, 0) is 28.3 Å². The molecular weight excluding hydrogens is 400 g/mol. The third-order valence-corrected chi connectivity index (χ3v) is 7.40. The molecule has 1 aromatic heterocycles. The van der Waals surface area contributed by atoms with Gasteiger partial charge in [0.1, 0.15) is 0 Å². The van der Waals surface area contributed by atoms with E-state index in [2.05, 4.69) is 5.10 Å². The van der Waals surface area contributed by atoms with Crippen LogP contribution in [0.4, 0.5) is 0 Å². The Kier molecular flexibility index (Phi) is 6.12. The van der Waals surface area contributed by atoms with Gasteiger partial charge >= 0.3 is 0 Å². The monoisotopic (exact) mass is 424 g/mol. The minimum Gasteiger partial charge on any atom is -0.340 e. The van der Waals surface area contributed by atoms with Gasteiger partial charge in [-0.3, -0.25) is 9.48 Å². The second-order valence-electron chi connectivity index (χ2n) is 7.02. The van der Waals surface area contributed by atoms with Gasteiger partial charge in [0.15, 0.2) is 0 Å². The molecule has 1 aliphatic rings. The van der Waals surface area contributed by atoms with Crippen molar-refractivity contribution in [3.8, 4) is 0 Å². The number of benzene rings is 1. The molecule has 0 spiro atoms. The third-order valence-electron chi connectivity index (χ3n) is 5.27. The standard InChI is InChI=1S/C19H25ClN4O3S/c1-14-18(15(2)22(3)21-14)7-8-19(25)23-9-11-24(12-10-23)28(26,27)17-6-4-5-16(20)13-17/h4-6,13H,7-12H2,1-3H3. The molecule has 0 aliphatic carbocycles. The Hall–Kier alpha value is -1.90. The number of hydrogen-bond acceptors (Lipinski definition) is 4. The van der Waals surface area contributed by atoms with Crippen LogP contribution in [0.1, 0.15) is 23.4 Å². The summed E-state index contributed by atoms with van der Waals surface area (Å²) in [6.45, 7) is 5.30. The lowest BCUT2D eigenvalue weighted by Gasteiger charge is -2.34. The average molecular weight is 425 g/mol. The highest BCUT2D eigenvalue weighted by atomic mass is 35.5. The number of rotatable bonds is 5. The molecule has 2 heterocycles. The molecular formula is C19H25ClN4O3S. The molecule has 0 radical (unpaired) electrons. The van der Waals surface area contributed by atoms with Gasteiger partial charge in [-0.1, -0.05) is 17.7 Å². The fourth-order valence-corrected chi connectivity index (χ4v) is 5.25. The van der Waals surface area contributed by atoms with Crippen molar-refractivity contribution in [3.05, 3.63) is 46.2 Å². The summed E-state index contributed by atoms with van der Waals surface area (Å²) in [4.78, 5) is 14.5. The Morgan fingerprint density at radius 3 is 2.43 bits per heavy atom. The molecule has 1 fully saturated rings. The highest BCUT2D eigenvalue weighted by Gasteiger charge is 2.30. The molecule has 0 atom stereocenters. The van der Waals surface area contributed by atoms with E-state index in [9.17, 15) is 13.2 Å². The maximum atomic E-state index is 12.8. The van der Waals surface area contributed by atoms with Crippen LogP contribution in [0.5, 0.6) is 0 Å². The summed E-state index contributed by atoms with van der Waals surface area (Å²) in [7, 11) is -1.70. The Labute approximate surface area is 170 Å². The van der Waals surface area contributed by atoms with Gasteiger partial charge in [0.25, 0.3) is 0 Å². The van der Waals surface area contributed by atoms with Crippen LogP contribution < -0.4 is 0 Å². The predicted octanol–water partition coefficient (Wildman–Crippen LogP) is 2.16. The van der Waals surface area contributed by atoms with Gasteiger partial charge in [0, 0.05) is 50.4 Å². The van der Waals surface area contributed by atoms with Gasteiger partial charge in [-0.05, 0) is 44.0 Å². The van der Waals surface area contributed by atoms with Crippen LogP contribution in [0.3, 0.4) is 0 Å². The second-order valence-corrected chi connectivity index (χ2v) is 9.39. The summed E-state index contributed by atoms with van der Waals surface area (Å²) in [5.41, 5.74) is 3.13. The molecule has 1 aromatic carbocycles. The van der Waals surface area contributed by atoms with Gasteiger partial charge in [-0.15, -0.1) is 0 Å². The van der Waals surface area contributed by atoms with E-state index >= 15 is 0 Å². The lowest BCUT2D eigenvalue weighted by atomic mass is 10.1. The number of amides is 1. The second kappa shape index (κ2) is 8.23. The van der Waals surface area contributed by atoms with Crippen LogP contribution in [0.2, 0.25) is 5.02 Å². The number of sulfonamides is 1. The summed E-state index contributed by atoms with van der Waals surface area (Å²) >= 11 is 5.92. The summed E-state index contributed by atoms with van der Waals surface area (Å²) in [5.74, 6) is 0.0439. The van der Waals surface area contributed by atoms with Crippen molar-refractivity contribution in [2.45, 2.75) is 31.6 Å².